The van der Waals surface area contributed by atoms with E-state index in [1.165, 1.54) is 0 Å². The molecule has 0 aromatic rings. The molecule has 0 radical (unpaired) electrons. The van der Waals surface area contributed by atoms with Gasteiger partial charge in [-0.2, -0.15) is 0 Å². The lowest BCUT2D eigenvalue weighted by molar-refractivity contribution is -0.404. The van der Waals surface area contributed by atoms with Crippen molar-refractivity contribution in [1.82, 2.24) is 0 Å². The molecule has 22 saturated heterocycles. The van der Waals surface area contributed by atoms with E-state index in [-0.39, 0.29) is 0 Å². The second-order valence-electron chi connectivity index (χ2n) is 17.8. The predicted octanol–water partition coefficient (Wildman–Crippen LogP) is -12.6. The topological polar surface area (TPSA) is 501 Å². The molecule has 22 aliphatic heterocycles. The van der Waals surface area contributed by atoms with Gasteiger partial charge < -0.3 is 153 Å². The molecule has 12 bridgehead atoms. The Morgan fingerprint density at radius 1 is 0.310 bits per heavy atom. The number of rotatable bonds is 10. The summed E-state index contributed by atoms with van der Waals surface area (Å²) >= 11 is 0. The van der Waals surface area contributed by atoms with E-state index in [2.05, 4.69) is 0 Å². The number of aliphatic hydroxyl groups is 17. The highest BCUT2D eigenvalue weighted by Gasteiger charge is 2.59. The van der Waals surface area contributed by atoms with Crippen molar-refractivity contribution in [3.8, 4) is 0 Å². The van der Waals surface area contributed by atoms with E-state index in [1.54, 1.807) is 0 Å². The fourth-order valence-electron chi connectivity index (χ4n) is 9.39. The lowest BCUT2D eigenvalue weighted by atomic mass is 9.94. The Morgan fingerprint density at radius 2 is 0.521 bits per heavy atom. The third kappa shape index (κ3) is 11.7. The third-order valence-corrected chi connectivity index (χ3v) is 13.3. The Bertz CT molecular complexity index is 1660. The molecule has 0 aliphatic carbocycles. The van der Waals surface area contributed by atoms with Gasteiger partial charge in [0.15, 0.2) is 37.7 Å². The lowest BCUT2D eigenvalue weighted by Crippen LogP contribution is -2.69. The number of hydrogen-bond donors (Lipinski definition) is 18. The molecular weight excluding hydrogens is 980 g/mol. The fraction of sp³-hybridized carbons (Fsp3) is 0.974. The maximum Gasteiger partial charge on any atom is 0.305 e. The van der Waals surface area contributed by atoms with Crippen LogP contribution in [0.2, 0.25) is 0 Å². The van der Waals surface area contributed by atoms with Gasteiger partial charge in [-0.25, -0.2) is 0 Å². The molecule has 0 spiro atoms. The highest BCUT2D eigenvalue weighted by atomic mass is 16.8. The van der Waals surface area contributed by atoms with Crippen LogP contribution in [-0.4, -0.2) is 328 Å². The number of ether oxygens (including phenoxy) is 13. The van der Waals surface area contributed by atoms with Gasteiger partial charge in [-0.15, -0.1) is 0 Å². The van der Waals surface area contributed by atoms with Crippen molar-refractivity contribution >= 4 is 5.97 Å². The van der Waals surface area contributed by atoms with Crippen molar-refractivity contribution in [2.75, 3.05) is 46.2 Å². The first-order valence-electron chi connectivity index (χ1n) is 22.6. The highest BCUT2D eigenvalue weighted by molar-refractivity contribution is 5.66. The summed E-state index contributed by atoms with van der Waals surface area (Å²) in [4.78, 5) is 11.5. The summed E-state index contributed by atoms with van der Waals surface area (Å²) in [6, 6.07) is 0. The van der Waals surface area contributed by atoms with Crippen molar-refractivity contribution < 1.29 is 158 Å². The molecule has 18 N–H and O–H groups in total. The normalized spacial score (nSPS) is 52.2. The lowest BCUT2D eigenvalue weighted by Gasteiger charge is -2.51. The van der Waals surface area contributed by atoms with Crippen LogP contribution < -0.4 is 0 Å². The zero-order valence-electron chi connectivity index (χ0n) is 37.2. The highest BCUT2D eigenvalue weighted by Crippen LogP contribution is 2.38. The molecule has 30 atom stereocenters. The molecular formula is C39H64O32. The summed E-state index contributed by atoms with van der Waals surface area (Å²) in [6.07, 6.45) is -59.6. The van der Waals surface area contributed by atoms with Gasteiger partial charge in [0.05, 0.1) is 52.7 Å². The predicted molar refractivity (Wildman–Crippen MR) is 212 cm³/mol. The molecule has 0 aromatic heterocycles. The number of carboxylic acid groups (broad SMARTS) is 1. The van der Waals surface area contributed by atoms with Crippen LogP contribution in [0.25, 0.3) is 0 Å². The van der Waals surface area contributed by atoms with Crippen LogP contribution in [0.3, 0.4) is 0 Å². The van der Waals surface area contributed by atoms with E-state index in [4.69, 9.17) is 61.6 Å². The first-order valence-corrected chi connectivity index (χ1v) is 22.6. The molecule has 412 valence electrons. The van der Waals surface area contributed by atoms with Gasteiger partial charge in [0.1, 0.15) is 146 Å². The van der Waals surface area contributed by atoms with Crippen molar-refractivity contribution in [2.45, 2.75) is 191 Å². The summed E-state index contributed by atoms with van der Waals surface area (Å²) in [7, 11) is 0. The molecule has 32 nitrogen and oxygen atoms in total. The number of aliphatic carboxylic acids is 1. The van der Waals surface area contributed by atoms with Crippen LogP contribution in [-0.2, 0) is 66.4 Å². The van der Waals surface area contributed by atoms with Gasteiger partial charge in [0, 0.05) is 0 Å². The first-order chi connectivity index (χ1) is 33.8. The number of aliphatic hydroxyl groups excluding tert-OH is 17. The van der Waals surface area contributed by atoms with Gasteiger partial charge >= 0.3 is 5.97 Å². The molecule has 71 heavy (non-hydrogen) atoms. The van der Waals surface area contributed by atoms with E-state index < -0.39 is 243 Å². The Hall–Kier alpha value is -1.73. The summed E-state index contributed by atoms with van der Waals surface area (Å²) in [5, 5.41) is 196. The second kappa shape index (κ2) is 24.5. The van der Waals surface area contributed by atoms with E-state index in [1.807, 2.05) is 0 Å². The van der Waals surface area contributed by atoms with Crippen molar-refractivity contribution in [2.24, 2.45) is 0 Å². The van der Waals surface area contributed by atoms with Crippen molar-refractivity contribution in [1.29, 1.82) is 0 Å². The standard InChI is InChI=1S/C39H64O32/c40-3-9-27-16(48)21(53)34(60-9)67-28-10(4-41)62-36(23(55)18(28)50)69-30-12(6-43)64-38(25(57)20(30)52)71-32-14(8-45)65-39(26(58)33(32)59-2-1-15(46)47)70-31-13(7-44)63-37(24(56)19(31)51)68-29-11(5-42)61-35(66-27)22(54)17(29)49/h9-14,16-45,48-58H,1-8H2,(H,46,47)/t9-,10-,11-,12-,13-,14-,16-,17-,18-,19-,20-,21-,22-,23-,24-,25-,26-,27-,28-,29-,30-,31-,32+,33-,34-,35-,36-,37-,38-,39-/m1/s1. The maximum absolute atomic E-state index is 11.7. The minimum Gasteiger partial charge on any atom is -0.481 e. The molecule has 0 aromatic carbocycles. The van der Waals surface area contributed by atoms with Gasteiger partial charge in [0.2, 0.25) is 0 Å². The van der Waals surface area contributed by atoms with Crippen LogP contribution in [0.1, 0.15) is 6.42 Å². The SMILES string of the molecule is O=C(O)CCO[C@@H]1[C@@H](O)[C@H]2O[C@H]3[C@H](O)[C@@H](O)[C@@H](O[C@H]4[C@H](O)[C@@H](O)[C@@H](O[C@H]5[C@H](O)[C@@H](O)[C@@H](O[C@H]6[C@H](O)[C@@H](O)[C@@H](O[C@H]7[C@H](O)[C@@H](O)[C@@H](O[C@H]1[C@@H](CO)O2)O[C@@H]7CO)O[C@@H]6CO)O[C@@H]5CO)O[C@@H]4CO)O[C@@H]3CO. The Kier molecular flexibility index (Phi) is 19.7. The average Bonchev–Trinajstić information content (AvgIpc) is 3.35. The van der Waals surface area contributed by atoms with Gasteiger partial charge in [-0.1, -0.05) is 0 Å². The molecule has 0 amide bonds. The molecule has 22 rings (SSSR count). The van der Waals surface area contributed by atoms with Gasteiger partial charge in [0.25, 0.3) is 0 Å². The van der Waals surface area contributed by atoms with Crippen LogP contribution in [0.4, 0.5) is 0 Å². The zero-order valence-corrected chi connectivity index (χ0v) is 37.2. The fourth-order valence-corrected chi connectivity index (χ4v) is 9.39. The van der Waals surface area contributed by atoms with E-state index >= 15 is 0 Å². The summed E-state index contributed by atoms with van der Waals surface area (Å²) in [5.74, 6) is -1.36. The molecule has 22 fully saturated rings. The van der Waals surface area contributed by atoms with Crippen LogP contribution in [0.5, 0.6) is 0 Å². The van der Waals surface area contributed by atoms with E-state index in [0.717, 1.165) is 0 Å². The molecule has 0 saturated carbocycles. The van der Waals surface area contributed by atoms with E-state index in [9.17, 15) is 96.7 Å². The average molecular weight is 1040 g/mol. The van der Waals surface area contributed by atoms with Crippen LogP contribution >= 0.6 is 0 Å². The molecule has 0 unspecified atom stereocenters. The molecule has 32 heteroatoms. The van der Waals surface area contributed by atoms with Crippen LogP contribution in [0, 0.1) is 0 Å². The maximum atomic E-state index is 11.7. The minimum atomic E-state index is -2.19. The monoisotopic (exact) mass is 1040 g/mol. The third-order valence-electron chi connectivity index (χ3n) is 13.3. The molecule has 22 heterocycles. The summed E-state index contributed by atoms with van der Waals surface area (Å²) < 4.78 is 74.4. The quantitative estimate of drug-likeness (QED) is 0.0966. The Balaban J connectivity index is 1.22. The van der Waals surface area contributed by atoms with Crippen molar-refractivity contribution in [3.63, 3.8) is 0 Å². The summed E-state index contributed by atoms with van der Waals surface area (Å²) in [5.41, 5.74) is 0. The van der Waals surface area contributed by atoms with E-state index in [0.29, 0.717) is 0 Å². The first kappa shape index (κ1) is 57.0. The number of hydrogen-bond acceptors (Lipinski definition) is 31. The second-order valence-corrected chi connectivity index (χ2v) is 17.8. The number of carboxylic acids is 1. The largest absolute Gasteiger partial charge is 0.481 e. The van der Waals surface area contributed by atoms with Gasteiger partial charge in [-0.3, -0.25) is 4.79 Å². The molecule has 22 aliphatic rings. The van der Waals surface area contributed by atoms with Crippen molar-refractivity contribution in [3.05, 3.63) is 0 Å². The Morgan fingerprint density at radius 3 is 0.746 bits per heavy atom. The number of carbonyl (C=O) groups is 1. The zero-order chi connectivity index (χ0) is 51.7. The Labute approximate surface area is 401 Å². The summed E-state index contributed by atoms with van der Waals surface area (Å²) in [6.45, 7) is -6.79. The van der Waals surface area contributed by atoms with Gasteiger partial charge in [-0.05, 0) is 0 Å². The smallest absolute Gasteiger partial charge is 0.305 e. The van der Waals surface area contributed by atoms with Crippen LogP contribution in [0.15, 0.2) is 0 Å². The minimum absolute atomic E-state index is 0.650.